The lowest BCUT2D eigenvalue weighted by Crippen LogP contribution is -2.11. The molecule has 4 rings (SSSR count). The summed E-state index contributed by atoms with van der Waals surface area (Å²) in [5, 5.41) is 5.81. The molecule has 0 aliphatic carbocycles. The molecule has 0 spiro atoms. The summed E-state index contributed by atoms with van der Waals surface area (Å²) in [4.78, 5) is 28.6. The van der Waals surface area contributed by atoms with Crippen molar-refractivity contribution in [1.82, 2.24) is 4.98 Å². The number of nitrogens with one attached hydrogen (secondary N) is 2. The van der Waals surface area contributed by atoms with Gasteiger partial charge in [0.25, 0.3) is 11.8 Å². The van der Waals surface area contributed by atoms with Crippen LogP contribution in [0.25, 0.3) is 10.2 Å². The van der Waals surface area contributed by atoms with Gasteiger partial charge in [0.2, 0.25) is 0 Å². The molecule has 2 N–H and O–H groups in total. The lowest BCUT2D eigenvalue weighted by Gasteiger charge is -2.05. The summed E-state index contributed by atoms with van der Waals surface area (Å²) in [6.45, 7) is 0. The predicted octanol–water partition coefficient (Wildman–Crippen LogP) is 4.53. The number of benzene rings is 2. The Kier molecular flexibility index (Phi) is 4.39. The summed E-state index contributed by atoms with van der Waals surface area (Å²) in [5.74, 6) is -1.09. The van der Waals surface area contributed by atoms with E-state index in [0.29, 0.717) is 16.3 Å². The minimum atomic E-state index is -0.475. The summed E-state index contributed by atoms with van der Waals surface area (Å²) in [7, 11) is 0. The largest absolute Gasteiger partial charge is 0.459 e. The van der Waals surface area contributed by atoms with Crippen LogP contribution < -0.4 is 10.6 Å². The van der Waals surface area contributed by atoms with Crippen LogP contribution in [-0.2, 0) is 0 Å². The number of nitrogens with zero attached hydrogens (tertiary/aromatic N) is 1. The van der Waals surface area contributed by atoms with Crippen molar-refractivity contribution in [2.45, 2.75) is 0 Å². The van der Waals surface area contributed by atoms with E-state index < -0.39 is 17.6 Å². The van der Waals surface area contributed by atoms with Crippen molar-refractivity contribution in [2.24, 2.45) is 0 Å². The summed E-state index contributed by atoms with van der Waals surface area (Å²) < 4.78 is 19.1. The van der Waals surface area contributed by atoms with Crippen molar-refractivity contribution in [1.29, 1.82) is 0 Å². The fraction of sp³-hybridized carbons (Fsp3) is 0. The number of hydrogen-bond donors (Lipinski definition) is 2. The van der Waals surface area contributed by atoms with Crippen molar-refractivity contribution in [3.05, 3.63) is 78.0 Å². The van der Waals surface area contributed by atoms with Crippen LogP contribution in [0.3, 0.4) is 0 Å². The van der Waals surface area contributed by atoms with Gasteiger partial charge in [-0.15, -0.1) is 0 Å². The van der Waals surface area contributed by atoms with Gasteiger partial charge in [0.05, 0.1) is 16.5 Å². The van der Waals surface area contributed by atoms with Gasteiger partial charge in [-0.05, 0) is 48.5 Å². The number of carbonyl (C=O) groups excluding carboxylic acids is 2. The SMILES string of the molecule is O=C(Nc1ccc2nc(NC(=O)c3ccco3)sc2c1)c1cccc(F)c1. The first kappa shape index (κ1) is 16.9. The van der Waals surface area contributed by atoms with E-state index in [1.54, 1.807) is 30.3 Å². The quantitative estimate of drug-likeness (QED) is 0.544. The normalized spacial score (nSPS) is 10.7. The topological polar surface area (TPSA) is 84.2 Å². The first-order valence-corrected chi connectivity index (χ1v) is 8.72. The Hall–Kier alpha value is -3.52. The molecule has 0 radical (unpaired) electrons. The molecule has 0 saturated carbocycles. The number of carbonyl (C=O) groups is 2. The summed E-state index contributed by atoms with van der Waals surface area (Å²) >= 11 is 1.27. The summed E-state index contributed by atoms with van der Waals surface area (Å²) in [5.41, 5.74) is 1.45. The number of furan rings is 1. The lowest BCUT2D eigenvalue weighted by atomic mass is 10.2. The van der Waals surface area contributed by atoms with E-state index >= 15 is 0 Å². The molecule has 0 atom stereocenters. The number of rotatable bonds is 4. The maximum atomic E-state index is 13.3. The molecular formula is C19H12FN3O3S. The van der Waals surface area contributed by atoms with E-state index in [-0.39, 0.29) is 11.3 Å². The molecule has 0 aliphatic rings. The zero-order chi connectivity index (χ0) is 18.8. The van der Waals surface area contributed by atoms with E-state index in [4.69, 9.17) is 4.42 Å². The van der Waals surface area contributed by atoms with Gasteiger partial charge >= 0.3 is 0 Å². The van der Waals surface area contributed by atoms with Gasteiger partial charge in [0, 0.05) is 11.3 Å². The molecular weight excluding hydrogens is 369 g/mol. The number of hydrogen-bond acceptors (Lipinski definition) is 5. The van der Waals surface area contributed by atoms with Crippen molar-refractivity contribution in [3.8, 4) is 0 Å². The Balaban J connectivity index is 1.52. The zero-order valence-corrected chi connectivity index (χ0v) is 14.5. The third-order valence-corrected chi connectivity index (χ3v) is 4.63. The third-order valence-electron chi connectivity index (χ3n) is 3.70. The van der Waals surface area contributed by atoms with Gasteiger partial charge in [-0.3, -0.25) is 14.9 Å². The molecule has 4 aromatic rings. The molecule has 2 aromatic heterocycles. The molecule has 0 aliphatic heterocycles. The van der Waals surface area contributed by atoms with Gasteiger partial charge in [-0.1, -0.05) is 17.4 Å². The first-order chi connectivity index (χ1) is 13.1. The van der Waals surface area contributed by atoms with Crippen LogP contribution >= 0.6 is 11.3 Å². The predicted molar refractivity (Wildman–Crippen MR) is 101 cm³/mol. The van der Waals surface area contributed by atoms with E-state index in [9.17, 15) is 14.0 Å². The monoisotopic (exact) mass is 381 g/mol. The summed E-state index contributed by atoms with van der Waals surface area (Å²) in [6.07, 6.45) is 1.42. The van der Waals surface area contributed by atoms with Gasteiger partial charge in [-0.2, -0.15) is 0 Å². The van der Waals surface area contributed by atoms with E-state index in [0.717, 1.165) is 4.70 Å². The minimum absolute atomic E-state index is 0.192. The van der Waals surface area contributed by atoms with E-state index in [1.165, 1.54) is 41.9 Å². The highest BCUT2D eigenvalue weighted by molar-refractivity contribution is 7.22. The van der Waals surface area contributed by atoms with Crippen LogP contribution in [-0.4, -0.2) is 16.8 Å². The van der Waals surface area contributed by atoms with Crippen molar-refractivity contribution < 1.29 is 18.4 Å². The van der Waals surface area contributed by atoms with Crippen LogP contribution in [0, 0.1) is 5.82 Å². The standard InChI is InChI=1S/C19H12FN3O3S/c20-12-4-1-3-11(9-12)17(24)21-13-6-7-14-16(10-13)27-19(22-14)23-18(25)15-5-2-8-26-15/h1-10H,(H,21,24)(H,22,23,25). The molecule has 27 heavy (non-hydrogen) atoms. The third kappa shape index (κ3) is 3.70. The average Bonchev–Trinajstić information content (AvgIpc) is 3.30. The zero-order valence-electron chi connectivity index (χ0n) is 13.7. The minimum Gasteiger partial charge on any atom is -0.459 e. The first-order valence-electron chi connectivity index (χ1n) is 7.91. The maximum absolute atomic E-state index is 13.3. The second kappa shape index (κ2) is 7.00. The molecule has 2 heterocycles. The molecule has 2 amide bonds. The van der Waals surface area contributed by atoms with Crippen LogP contribution in [0.1, 0.15) is 20.9 Å². The Bertz CT molecular complexity index is 1140. The molecule has 8 heteroatoms. The van der Waals surface area contributed by atoms with Crippen molar-refractivity contribution in [2.75, 3.05) is 10.6 Å². The second-order valence-electron chi connectivity index (χ2n) is 5.60. The van der Waals surface area contributed by atoms with Crippen LogP contribution in [0.15, 0.2) is 65.3 Å². The molecule has 0 saturated heterocycles. The van der Waals surface area contributed by atoms with Crippen LogP contribution in [0.4, 0.5) is 15.2 Å². The molecule has 0 fully saturated rings. The smallest absolute Gasteiger partial charge is 0.293 e. The Morgan fingerprint density at radius 3 is 2.67 bits per heavy atom. The lowest BCUT2D eigenvalue weighted by molar-refractivity contribution is 0.0994. The highest BCUT2D eigenvalue weighted by atomic mass is 32.1. The molecule has 2 aromatic carbocycles. The Labute approximate surface area is 156 Å². The number of aromatic nitrogens is 1. The van der Waals surface area contributed by atoms with E-state index in [2.05, 4.69) is 15.6 Å². The van der Waals surface area contributed by atoms with Gasteiger partial charge in [0.1, 0.15) is 5.82 Å². The Morgan fingerprint density at radius 2 is 1.89 bits per heavy atom. The summed E-state index contributed by atoms with van der Waals surface area (Å²) in [6, 6.07) is 13.8. The Morgan fingerprint density at radius 1 is 1.00 bits per heavy atom. The molecule has 0 bridgehead atoms. The maximum Gasteiger partial charge on any atom is 0.293 e. The van der Waals surface area contributed by atoms with Gasteiger partial charge in [0.15, 0.2) is 10.9 Å². The molecule has 6 nitrogen and oxygen atoms in total. The van der Waals surface area contributed by atoms with Gasteiger partial charge < -0.3 is 9.73 Å². The number of thiazole rings is 1. The highest BCUT2D eigenvalue weighted by Crippen LogP contribution is 2.29. The second-order valence-corrected chi connectivity index (χ2v) is 6.63. The number of fused-ring (bicyclic) bond motifs is 1. The van der Waals surface area contributed by atoms with Crippen LogP contribution in [0.2, 0.25) is 0 Å². The fourth-order valence-electron chi connectivity index (χ4n) is 2.46. The van der Waals surface area contributed by atoms with Crippen molar-refractivity contribution >= 4 is 44.2 Å². The highest BCUT2D eigenvalue weighted by Gasteiger charge is 2.13. The van der Waals surface area contributed by atoms with E-state index in [1.807, 2.05) is 0 Å². The van der Waals surface area contributed by atoms with Crippen molar-refractivity contribution in [3.63, 3.8) is 0 Å². The average molecular weight is 381 g/mol. The molecule has 134 valence electrons. The molecule has 0 unspecified atom stereocenters. The fourth-order valence-corrected chi connectivity index (χ4v) is 3.36. The number of anilines is 2. The van der Waals surface area contributed by atoms with Crippen LogP contribution in [0.5, 0.6) is 0 Å². The van der Waals surface area contributed by atoms with Gasteiger partial charge in [-0.25, -0.2) is 9.37 Å². The number of halogens is 1. The number of amides is 2.